The number of hydrogen-bond acceptors (Lipinski definition) is 5. The van der Waals surface area contributed by atoms with E-state index < -0.39 is 28.7 Å². The molecule has 1 N–H and O–H groups in total. The highest BCUT2D eigenvalue weighted by Crippen LogP contribution is 2.64. The number of halogens is 3. The molecule has 0 amide bonds. The Morgan fingerprint density at radius 3 is 2.00 bits per heavy atom. The van der Waals surface area contributed by atoms with E-state index in [0.29, 0.717) is 28.8 Å². The van der Waals surface area contributed by atoms with Crippen LogP contribution in [0.25, 0.3) is 0 Å². The van der Waals surface area contributed by atoms with Crippen LogP contribution in [0, 0.1) is 5.92 Å². The lowest BCUT2D eigenvalue weighted by atomic mass is 9.74. The van der Waals surface area contributed by atoms with Crippen LogP contribution in [0.4, 0.5) is 13.2 Å². The molecule has 0 unspecified atom stereocenters. The van der Waals surface area contributed by atoms with Crippen molar-refractivity contribution in [1.29, 1.82) is 0 Å². The summed E-state index contributed by atoms with van der Waals surface area (Å²) in [5.74, 6) is -1.77. The van der Waals surface area contributed by atoms with Crippen molar-refractivity contribution < 1.29 is 32.5 Å². The van der Waals surface area contributed by atoms with Gasteiger partial charge >= 0.3 is 6.18 Å². The van der Waals surface area contributed by atoms with Gasteiger partial charge in [0.25, 0.3) is 0 Å². The molecule has 0 saturated carbocycles. The summed E-state index contributed by atoms with van der Waals surface area (Å²) in [6.07, 6.45) is -6.53. The molecule has 1 heterocycles. The molecule has 3 aromatic rings. The third-order valence-corrected chi connectivity index (χ3v) is 7.49. The standard InChI is InChI=1S/C25H21F3O4S/c1-31-17-11-7-15(8-12-17)22(29)21-23(30)19-5-3-4-6-20(19)33-24(21,25(26,27)28)16-9-13-18(32-2)14-10-16/h3-14,21,23,30H,1-2H3/t21-,23+,24-/m1/s1. The Hall–Kier alpha value is -2.97. The number of aliphatic hydroxyl groups excluding tert-OH is 1. The van der Waals surface area contributed by atoms with Gasteiger partial charge in [0, 0.05) is 10.5 Å². The Labute approximate surface area is 193 Å². The second kappa shape index (κ2) is 8.76. The van der Waals surface area contributed by atoms with Crippen LogP contribution in [-0.2, 0) is 4.75 Å². The van der Waals surface area contributed by atoms with Gasteiger partial charge in [-0.25, -0.2) is 0 Å². The molecule has 0 aliphatic carbocycles. The van der Waals surface area contributed by atoms with Crippen molar-refractivity contribution in [3.8, 4) is 11.5 Å². The number of carbonyl (C=O) groups excluding carboxylic acids is 1. The fourth-order valence-electron chi connectivity index (χ4n) is 4.19. The van der Waals surface area contributed by atoms with Crippen molar-refractivity contribution in [2.75, 3.05) is 14.2 Å². The van der Waals surface area contributed by atoms with E-state index in [2.05, 4.69) is 0 Å². The first kappa shape index (κ1) is 23.2. The van der Waals surface area contributed by atoms with Crippen LogP contribution < -0.4 is 9.47 Å². The number of rotatable bonds is 5. The van der Waals surface area contributed by atoms with Gasteiger partial charge in [-0.1, -0.05) is 30.3 Å². The van der Waals surface area contributed by atoms with Gasteiger partial charge in [0.2, 0.25) is 0 Å². The number of ether oxygens (including phenoxy) is 2. The molecule has 0 radical (unpaired) electrons. The lowest BCUT2D eigenvalue weighted by Gasteiger charge is -2.46. The van der Waals surface area contributed by atoms with Crippen molar-refractivity contribution in [2.45, 2.75) is 21.9 Å². The van der Waals surface area contributed by atoms with Crippen molar-refractivity contribution in [1.82, 2.24) is 0 Å². The van der Waals surface area contributed by atoms with E-state index in [4.69, 9.17) is 9.47 Å². The number of fused-ring (bicyclic) bond motifs is 1. The van der Waals surface area contributed by atoms with Crippen LogP contribution in [0.3, 0.4) is 0 Å². The van der Waals surface area contributed by atoms with Crippen molar-refractivity contribution in [2.24, 2.45) is 5.92 Å². The molecule has 172 valence electrons. The zero-order chi connectivity index (χ0) is 23.8. The van der Waals surface area contributed by atoms with Crippen molar-refractivity contribution >= 4 is 17.5 Å². The Kier molecular flexibility index (Phi) is 6.16. The Bertz CT molecular complexity index is 1150. The predicted molar refractivity (Wildman–Crippen MR) is 119 cm³/mol. The number of ketones is 1. The van der Waals surface area contributed by atoms with Crippen molar-refractivity contribution in [3.05, 3.63) is 89.5 Å². The molecule has 3 aromatic carbocycles. The Balaban J connectivity index is 1.96. The topological polar surface area (TPSA) is 55.8 Å². The minimum absolute atomic E-state index is 0.0574. The third kappa shape index (κ3) is 3.87. The van der Waals surface area contributed by atoms with Gasteiger partial charge < -0.3 is 14.6 Å². The maximum Gasteiger partial charge on any atom is 0.408 e. The van der Waals surface area contributed by atoms with Gasteiger partial charge in [0.1, 0.15) is 11.5 Å². The highest BCUT2D eigenvalue weighted by Gasteiger charge is 2.67. The zero-order valence-corrected chi connectivity index (χ0v) is 18.6. The van der Waals surface area contributed by atoms with Gasteiger partial charge in [0.15, 0.2) is 10.5 Å². The first-order valence-corrected chi connectivity index (χ1v) is 10.9. The molecule has 0 spiro atoms. The van der Waals surface area contributed by atoms with Crippen LogP contribution in [-0.4, -0.2) is 31.3 Å². The van der Waals surface area contributed by atoms with Crippen LogP contribution in [0.2, 0.25) is 0 Å². The van der Waals surface area contributed by atoms with E-state index in [1.54, 1.807) is 18.2 Å². The maximum absolute atomic E-state index is 15.0. The summed E-state index contributed by atoms with van der Waals surface area (Å²) in [7, 11) is 2.87. The van der Waals surface area contributed by atoms with E-state index in [1.165, 1.54) is 68.8 Å². The number of carbonyl (C=O) groups is 1. The number of Topliss-reactive ketones (excluding diaryl/α,β-unsaturated/α-hetero) is 1. The van der Waals surface area contributed by atoms with Crippen LogP contribution in [0.5, 0.6) is 11.5 Å². The number of hydrogen-bond donors (Lipinski definition) is 1. The normalized spacial score (nSPS) is 22.4. The molecule has 33 heavy (non-hydrogen) atoms. The number of thioether (sulfide) groups is 1. The van der Waals surface area contributed by atoms with E-state index in [9.17, 15) is 9.90 Å². The molecule has 4 nitrogen and oxygen atoms in total. The lowest BCUT2D eigenvalue weighted by molar-refractivity contribution is -0.180. The SMILES string of the molecule is COc1ccc(C(=O)[C@@H]2[C@@H](O)c3ccccc3S[C@@]2(c2ccc(OC)cc2)C(F)(F)F)cc1. The Morgan fingerprint density at radius 1 is 0.909 bits per heavy atom. The molecule has 1 aliphatic rings. The summed E-state index contributed by atoms with van der Waals surface area (Å²) in [6.45, 7) is 0. The summed E-state index contributed by atoms with van der Waals surface area (Å²) < 4.78 is 52.6. The van der Waals surface area contributed by atoms with Gasteiger partial charge in [-0.2, -0.15) is 13.2 Å². The molecular formula is C25H21F3O4S. The summed E-state index contributed by atoms with van der Waals surface area (Å²) in [4.78, 5) is 13.9. The number of alkyl halides is 3. The average molecular weight is 475 g/mol. The molecule has 0 fully saturated rings. The second-order valence-electron chi connectivity index (χ2n) is 7.62. The van der Waals surface area contributed by atoms with Crippen LogP contribution in [0.15, 0.2) is 77.7 Å². The first-order chi connectivity index (χ1) is 15.7. The largest absolute Gasteiger partial charge is 0.497 e. The van der Waals surface area contributed by atoms with Crippen LogP contribution >= 0.6 is 11.8 Å². The molecule has 0 aromatic heterocycles. The first-order valence-electron chi connectivity index (χ1n) is 10.1. The van der Waals surface area contributed by atoms with E-state index in [0.717, 1.165) is 0 Å². The van der Waals surface area contributed by atoms with Gasteiger partial charge in [-0.15, -0.1) is 11.8 Å². The van der Waals surface area contributed by atoms with Gasteiger partial charge in [-0.3, -0.25) is 4.79 Å². The average Bonchev–Trinajstić information content (AvgIpc) is 2.83. The molecular weight excluding hydrogens is 453 g/mol. The van der Waals surface area contributed by atoms with E-state index >= 15 is 13.2 Å². The zero-order valence-electron chi connectivity index (χ0n) is 17.8. The molecule has 3 atom stereocenters. The number of benzene rings is 3. The summed E-state index contributed by atoms with van der Waals surface area (Å²) >= 11 is 0.549. The minimum atomic E-state index is -4.87. The molecule has 4 rings (SSSR count). The smallest absolute Gasteiger partial charge is 0.408 e. The van der Waals surface area contributed by atoms with E-state index in [-0.39, 0.29) is 16.0 Å². The molecule has 0 bridgehead atoms. The second-order valence-corrected chi connectivity index (χ2v) is 8.90. The highest BCUT2D eigenvalue weighted by molar-refractivity contribution is 8.00. The summed E-state index contributed by atoms with van der Waals surface area (Å²) in [6, 6.07) is 17.6. The fraction of sp³-hybridized carbons (Fsp3) is 0.240. The van der Waals surface area contributed by atoms with Crippen LogP contribution in [0.1, 0.15) is 27.6 Å². The third-order valence-electron chi connectivity index (χ3n) is 5.86. The summed E-state index contributed by atoms with van der Waals surface area (Å²) in [5, 5.41) is 11.2. The number of methoxy groups -OCH3 is 2. The summed E-state index contributed by atoms with van der Waals surface area (Å²) in [5.41, 5.74) is 0.214. The van der Waals surface area contributed by atoms with Crippen molar-refractivity contribution in [3.63, 3.8) is 0 Å². The molecule has 8 heteroatoms. The monoisotopic (exact) mass is 474 g/mol. The number of aliphatic hydroxyl groups is 1. The molecule has 0 saturated heterocycles. The maximum atomic E-state index is 15.0. The Morgan fingerprint density at radius 2 is 1.45 bits per heavy atom. The predicted octanol–water partition coefficient (Wildman–Crippen LogP) is 5.80. The highest BCUT2D eigenvalue weighted by atomic mass is 32.2. The fourth-order valence-corrected chi connectivity index (χ4v) is 5.73. The lowest BCUT2D eigenvalue weighted by Crippen LogP contribution is -2.53. The van der Waals surface area contributed by atoms with E-state index in [1.807, 2.05) is 0 Å². The van der Waals surface area contributed by atoms with Gasteiger partial charge in [0.05, 0.1) is 26.2 Å². The quantitative estimate of drug-likeness (QED) is 0.474. The molecule has 1 aliphatic heterocycles. The minimum Gasteiger partial charge on any atom is -0.497 e. The van der Waals surface area contributed by atoms with Gasteiger partial charge in [-0.05, 0) is 53.6 Å².